The van der Waals surface area contributed by atoms with Crippen LogP contribution in [0.3, 0.4) is 0 Å². The molecule has 9 heteroatoms. The SMILES string of the molecule is C[C@@H](Sc1nnc(Cc2cccs2)n1C1CCCCC1)c1nnc(-c2cccs2)o1. The highest BCUT2D eigenvalue weighted by Crippen LogP contribution is 2.39. The third-order valence-corrected chi connectivity index (χ3v) is 8.17. The first-order chi connectivity index (χ1) is 14.8. The maximum Gasteiger partial charge on any atom is 0.257 e. The lowest BCUT2D eigenvalue weighted by Crippen LogP contribution is -2.17. The van der Waals surface area contributed by atoms with Crippen LogP contribution in [0.5, 0.6) is 0 Å². The van der Waals surface area contributed by atoms with Crippen molar-refractivity contribution in [3.8, 4) is 10.8 Å². The van der Waals surface area contributed by atoms with Crippen LogP contribution < -0.4 is 0 Å². The second-order valence-corrected chi connectivity index (χ2v) is 10.8. The number of thiophene rings is 2. The lowest BCUT2D eigenvalue weighted by atomic mass is 9.95. The van der Waals surface area contributed by atoms with E-state index in [0.29, 0.717) is 17.8 Å². The molecule has 0 bridgehead atoms. The van der Waals surface area contributed by atoms with Crippen molar-refractivity contribution >= 4 is 34.4 Å². The van der Waals surface area contributed by atoms with E-state index >= 15 is 0 Å². The summed E-state index contributed by atoms with van der Waals surface area (Å²) in [6.45, 7) is 2.09. The van der Waals surface area contributed by atoms with E-state index in [-0.39, 0.29) is 5.25 Å². The van der Waals surface area contributed by atoms with Crippen molar-refractivity contribution in [1.29, 1.82) is 0 Å². The van der Waals surface area contributed by atoms with Crippen LogP contribution in [0, 0.1) is 0 Å². The van der Waals surface area contributed by atoms with Crippen LogP contribution in [0.25, 0.3) is 10.8 Å². The summed E-state index contributed by atoms with van der Waals surface area (Å²) in [5, 5.41) is 22.8. The van der Waals surface area contributed by atoms with E-state index in [0.717, 1.165) is 22.3 Å². The second-order valence-electron chi connectivity index (χ2n) is 7.50. The van der Waals surface area contributed by atoms with Crippen molar-refractivity contribution in [2.24, 2.45) is 0 Å². The maximum atomic E-state index is 5.95. The topological polar surface area (TPSA) is 69.6 Å². The fraction of sp³-hybridized carbons (Fsp3) is 0.429. The van der Waals surface area contributed by atoms with E-state index in [1.165, 1.54) is 37.0 Å². The van der Waals surface area contributed by atoms with Crippen LogP contribution in [0.1, 0.15) is 66.9 Å². The first-order valence-corrected chi connectivity index (χ1v) is 12.9. The van der Waals surface area contributed by atoms with E-state index < -0.39 is 0 Å². The summed E-state index contributed by atoms with van der Waals surface area (Å²) >= 11 is 5.04. The molecule has 156 valence electrons. The molecule has 0 aliphatic heterocycles. The summed E-state index contributed by atoms with van der Waals surface area (Å²) in [6, 6.07) is 8.73. The molecule has 4 aromatic rings. The van der Waals surface area contributed by atoms with Crippen LogP contribution in [0.4, 0.5) is 0 Å². The molecule has 5 rings (SSSR count). The average Bonchev–Trinajstić information content (AvgIpc) is 3.56. The maximum absolute atomic E-state index is 5.95. The lowest BCUT2D eigenvalue weighted by Gasteiger charge is -2.26. The third kappa shape index (κ3) is 4.24. The monoisotopic (exact) mass is 457 g/mol. The van der Waals surface area contributed by atoms with Crippen molar-refractivity contribution in [3.05, 3.63) is 51.6 Å². The summed E-state index contributed by atoms with van der Waals surface area (Å²) in [4.78, 5) is 2.32. The molecule has 0 radical (unpaired) electrons. The van der Waals surface area contributed by atoms with Crippen LogP contribution in [-0.2, 0) is 6.42 Å². The fourth-order valence-electron chi connectivity index (χ4n) is 3.89. The highest BCUT2D eigenvalue weighted by atomic mass is 32.2. The van der Waals surface area contributed by atoms with Crippen molar-refractivity contribution < 1.29 is 4.42 Å². The van der Waals surface area contributed by atoms with Gasteiger partial charge < -0.3 is 8.98 Å². The van der Waals surface area contributed by atoms with Gasteiger partial charge in [0, 0.05) is 17.3 Å². The number of hydrogen-bond donors (Lipinski definition) is 0. The molecule has 0 unspecified atom stereocenters. The molecule has 0 aromatic carbocycles. The first kappa shape index (κ1) is 20.0. The number of nitrogens with zero attached hydrogens (tertiary/aromatic N) is 5. The Labute approximate surface area is 187 Å². The van der Waals surface area contributed by atoms with Crippen molar-refractivity contribution in [2.45, 2.75) is 61.9 Å². The summed E-state index contributed by atoms with van der Waals surface area (Å²) in [7, 11) is 0. The van der Waals surface area contributed by atoms with Crippen molar-refractivity contribution in [3.63, 3.8) is 0 Å². The van der Waals surface area contributed by atoms with Crippen molar-refractivity contribution in [1.82, 2.24) is 25.0 Å². The molecule has 0 N–H and O–H groups in total. The van der Waals surface area contributed by atoms with Gasteiger partial charge in [-0.05, 0) is 42.7 Å². The minimum absolute atomic E-state index is 0.00680. The van der Waals surface area contributed by atoms with Gasteiger partial charge >= 0.3 is 0 Å². The molecule has 1 atom stereocenters. The number of hydrogen-bond acceptors (Lipinski definition) is 8. The Morgan fingerprint density at radius 3 is 2.67 bits per heavy atom. The lowest BCUT2D eigenvalue weighted by molar-refractivity contribution is 0.330. The van der Waals surface area contributed by atoms with E-state index in [9.17, 15) is 0 Å². The normalized spacial score (nSPS) is 16.2. The Balaban J connectivity index is 1.39. The summed E-state index contributed by atoms with van der Waals surface area (Å²) in [5.41, 5.74) is 0. The molecule has 1 aliphatic rings. The summed E-state index contributed by atoms with van der Waals surface area (Å²) in [5.74, 6) is 2.27. The van der Waals surface area contributed by atoms with Gasteiger partial charge in [0.05, 0.1) is 10.1 Å². The molecule has 30 heavy (non-hydrogen) atoms. The zero-order chi connectivity index (χ0) is 20.3. The van der Waals surface area contributed by atoms with Crippen LogP contribution in [0.2, 0.25) is 0 Å². The van der Waals surface area contributed by atoms with E-state index in [1.54, 1.807) is 34.4 Å². The molecule has 0 saturated heterocycles. The summed E-state index contributed by atoms with van der Waals surface area (Å²) < 4.78 is 8.34. The Bertz CT molecular complexity index is 1060. The van der Waals surface area contributed by atoms with Gasteiger partial charge in [0.25, 0.3) is 5.89 Å². The first-order valence-electron chi connectivity index (χ1n) is 10.3. The molecule has 0 spiro atoms. The van der Waals surface area contributed by atoms with Gasteiger partial charge in [-0.2, -0.15) is 0 Å². The van der Waals surface area contributed by atoms with Crippen LogP contribution in [-0.4, -0.2) is 25.0 Å². The van der Waals surface area contributed by atoms with Crippen LogP contribution in [0.15, 0.2) is 44.6 Å². The highest BCUT2D eigenvalue weighted by molar-refractivity contribution is 7.99. The Kier molecular flexibility index (Phi) is 6.01. The fourth-order valence-corrected chi connectivity index (χ4v) is 6.20. The predicted molar refractivity (Wildman–Crippen MR) is 121 cm³/mol. The molecule has 1 saturated carbocycles. The minimum Gasteiger partial charge on any atom is -0.419 e. The van der Waals surface area contributed by atoms with E-state index in [2.05, 4.69) is 49.4 Å². The quantitative estimate of drug-likeness (QED) is 0.299. The van der Waals surface area contributed by atoms with Gasteiger partial charge in [0.2, 0.25) is 5.89 Å². The molecule has 6 nitrogen and oxygen atoms in total. The van der Waals surface area contributed by atoms with Gasteiger partial charge in [-0.25, -0.2) is 0 Å². The largest absolute Gasteiger partial charge is 0.419 e. The molecular formula is C21H23N5OS3. The van der Waals surface area contributed by atoms with Crippen LogP contribution >= 0.6 is 34.4 Å². The molecule has 1 aliphatic carbocycles. The van der Waals surface area contributed by atoms with Gasteiger partial charge in [-0.15, -0.1) is 43.1 Å². The summed E-state index contributed by atoms with van der Waals surface area (Å²) in [6.07, 6.45) is 7.09. The van der Waals surface area contributed by atoms with E-state index in [1.807, 2.05) is 17.5 Å². The molecular weight excluding hydrogens is 434 g/mol. The third-order valence-electron chi connectivity index (χ3n) is 5.39. The molecule has 4 heterocycles. The van der Waals surface area contributed by atoms with E-state index in [4.69, 9.17) is 4.42 Å². The smallest absolute Gasteiger partial charge is 0.257 e. The Hall–Kier alpha value is -1.97. The number of aromatic nitrogens is 5. The number of thioether (sulfide) groups is 1. The van der Waals surface area contributed by atoms with Gasteiger partial charge in [-0.3, -0.25) is 0 Å². The zero-order valence-corrected chi connectivity index (χ0v) is 19.2. The molecule has 0 amide bonds. The Morgan fingerprint density at radius 1 is 1.07 bits per heavy atom. The Morgan fingerprint density at radius 2 is 1.90 bits per heavy atom. The highest BCUT2D eigenvalue weighted by Gasteiger charge is 2.26. The van der Waals surface area contributed by atoms with Gasteiger partial charge in [0.15, 0.2) is 5.16 Å². The predicted octanol–water partition coefficient (Wildman–Crippen LogP) is 6.40. The molecule has 1 fully saturated rings. The standard InChI is InChI=1S/C21H23N5OS3/c1-14(19-23-24-20(27-19)17-10-6-12-29-17)30-21-25-22-18(13-16-9-5-11-28-16)26(21)15-7-3-2-4-8-15/h5-6,9-12,14-15H,2-4,7-8,13H2,1H3/t14-/m1/s1. The zero-order valence-electron chi connectivity index (χ0n) is 16.7. The van der Waals surface area contributed by atoms with Crippen molar-refractivity contribution in [2.75, 3.05) is 0 Å². The number of rotatable bonds is 7. The van der Waals surface area contributed by atoms with Gasteiger partial charge in [-0.1, -0.05) is 43.2 Å². The average molecular weight is 458 g/mol. The van der Waals surface area contributed by atoms with Gasteiger partial charge in [0.1, 0.15) is 5.82 Å². The molecule has 4 aromatic heterocycles. The second kappa shape index (κ2) is 9.03. The minimum atomic E-state index is 0.00680.